The quantitative estimate of drug-likeness (QED) is 0.375. The predicted molar refractivity (Wildman–Crippen MR) is 125 cm³/mol. The molecule has 0 saturated heterocycles. The van der Waals surface area contributed by atoms with E-state index in [1.165, 1.54) is 5.56 Å². The lowest BCUT2D eigenvalue weighted by atomic mass is 9.98. The minimum Gasteiger partial charge on any atom is -0.497 e. The lowest BCUT2D eigenvalue weighted by Crippen LogP contribution is -2.38. The number of benzene rings is 2. The normalized spacial score (nSPS) is 13.3. The van der Waals surface area contributed by atoms with Gasteiger partial charge in [0.1, 0.15) is 17.2 Å². The van der Waals surface area contributed by atoms with Crippen LogP contribution in [0.4, 0.5) is 0 Å². The molecule has 0 bridgehead atoms. The van der Waals surface area contributed by atoms with Crippen molar-refractivity contribution in [3.63, 3.8) is 0 Å². The number of ether oxygens (including phenoxy) is 3. The van der Waals surface area contributed by atoms with Crippen LogP contribution in [0.3, 0.4) is 0 Å². The number of rotatable bonds is 11. The molecule has 0 heterocycles. The maximum atomic E-state index is 10.6. The largest absolute Gasteiger partial charge is 0.497 e. The van der Waals surface area contributed by atoms with E-state index in [-0.39, 0.29) is 6.54 Å². The molecular weight excluding hydrogens is 394 g/mol. The number of nitrogens with one attached hydrogen (secondary N) is 2. The Balaban J connectivity index is 1.93. The van der Waals surface area contributed by atoms with Crippen molar-refractivity contribution in [1.82, 2.24) is 10.6 Å². The summed E-state index contributed by atoms with van der Waals surface area (Å²) in [4.78, 5) is 4.54. The number of aliphatic hydroxyl groups is 1. The number of methoxy groups -OCH3 is 3. The zero-order chi connectivity index (χ0) is 22.6. The van der Waals surface area contributed by atoms with Crippen molar-refractivity contribution in [3.05, 3.63) is 53.6 Å². The number of nitrogens with zero attached hydrogens (tertiary/aromatic N) is 1. The Bertz CT molecular complexity index is 802. The Labute approximate surface area is 185 Å². The summed E-state index contributed by atoms with van der Waals surface area (Å²) in [6.07, 6.45) is 0.185. The average Bonchev–Trinajstić information content (AvgIpc) is 2.81. The van der Waals surface area contributed by atoms with Gasteiger partial charge < -0.3 is 30.0 Å². The monoisotopic (exact) mass is 429 g/mol. The summed E-state index contributed by atoms with van der Waals surface area (Å²) in [7, 11) is 4.85. The molecule has 0 aliphatic heterocycles. The number of hydrogen-bond donors (Lipinski definition) is 3. The Kier molecular flexibility index (Phi) is 9.97. The van der Waals surface area contributed by atoms with Crippen molar-refractivity contribution in [2.24, 2.45) is 4.99 Å². The Hall–Kier alpha value is -2.93. The van der Waals surface area contributed by atoms with Crippen LogP contribution < -0.4 is 24.8 Å². The van der Waals surface area contributed by atoms with Gasteiger partial charge >= 0.3 is 0 Å². The first-order valence-electron chi connectivity index (χ1n) is 10.6. The summed E-state index contributed by atoms with van der Waals surface area (Å²) in [6.45, 7) is 5.94. The molecule has 3 N–H and O–H groups in total. The molecule has 0 radical (unpaired) electrons. The molecule has 0 spiro atoms. The van der Waals surface area contributed by atoms with Gasteiger partial charge in [0.05, 0.1) is 34.0 Å². The van der Waals surface area contributed by atoms with Gasteiger partial charge in [-0.05, 0) is 54.7 Å². The molecule has 7 nitrogen and oxygen atoms in total. The fourth-order valence-electron chi connectivity index (χ4n) is 3.15. The summed E-state index contributed by atoms with van der Waals surface area (Å²) in [5.41, 5.74) is 1.97. The van der Waals surface area contributed by atoms with Crippen LogP contribution in [0.1, 0.15) is 43.4 Å². The molecule has 2 atom stereocenters. The lowest BCUT2D eigenvalue weighted by Gasteiger charge is -2.16. The van der Waals surface area contributed by atoms with Crippen LogP contribution in [0.15, 0.2) is 47.5 Å². The summed E-state index contributed by atoms with van der Waals surface area (Å²) in [6, 6.07) is 13.5. The molecular formula is C24H35N3O4. The second-order valence-electron chi connectivity index (χ2n) is 7.27. The van der Waals surface area contributed by atoms with Crippen molar-refractivity contribution < 1.29 is 19.3 Å². The maximum absolute atomic E-state index is 10.6. The summed E-state index contributed by atoms with van der Waals surface area (Å²) < 4.78 is 15.8. The summed E-state index contributed by atoms with van der Waals surface area (Å²) in [5, 5.41) is 17.2. The second kappa shape index (κ2) is 12.7. The van der Waals surface area contributed by atoms with Crippen molar-refractivity contribution >= 4 is 5.96 Å². The Morgan fingerprint density at radius 3 is 2.06 bits per heavy atom. The topological polar surface area (TPSA) is 84.3 Å². The minimum absolute atomic E-state index is 0.222. The number of aliphatic imine (C=N–C) groups is 1. The zero-order valence-corrected chi connectivity index (χ0v) is 19.1. The number of guanidine groups is 1. The van der Waals surface area contributed by atoms with E-state index in [0.717, 1.165) is 25.3 Å². The van der Waals surface area contributed by atoms with Crippen LogP contribution in [0.5, 0.6) is 17.2 Å². The third kappa shape index (κ3) is 7.68. The van der Waals surface area contributed by atoms with Crippen LogP contribution in [0.2, 0.25) is 0 Å². The maximum Gasteiger partial charge on any atom is 0.191 e. The molecule has 0 amide bonds. The SMILES string of the molecule is CCNC(=NCC(O)c1cc(OC)cc(OC)c1)NCCC(C)c1ccc(OC)cc1. The van der Waals surface area contributed by atoms with E-state index in [1.807, 2.05) is 19.1 Å². The zero-order valence-electron chi connectivity index (χ0n) is 19.1. The van der Waals surface area contributed by atoms with Crippen molar-refractivity contribution in [2.75, 3.05) is 41.0 Å². The second-order valence-corrected chi connectivity index (χ2v) is 7.27. The van der Waals surface area contributed by atoms with Gasteiger partial charge in [-0.25, -0.2) is 0 Å². The molecule has 0 saturated carbocycles. The first kappa shape index (κ1) is 24.3. The highest BCUT2D eigenvalue weighted by Crippen LogP contribution is 2.26. The molecule has 0 aliphatic carbocycles. The molecule has 0 fully saturated rings. The molecule has 170 valence electrons. The van der Waals surface area contributed by atoms with E-state index < -0.39 is 6.10 Å². The average molecular weight is 430 g/mol. The molecule has 7 heteroatoms. The van der Waals surface area contributed by atoms with Gasteiger partial charge in [-0.3, -0.25) is 4.99 Å². The van der Waals surface area contributed by atoms with Gasteiger partial charge in [-0.2, -0.15) is 0 Å². The smallest absolute Gasteiger partial charge is 0.191 e. The van der Waals surface area contributed by atoms with E-state index in [0.29, 0.717) is 28.9 Å². The number of hydrogen-bond acceptors (Lipinski definition) is 5. The highest BCUT2D eigenvalue weighted by atomic mass is 16.5. The lowest BCUT2D eigenvalue weighted by molar-refractivity contribution is 0.186. The van der Waals surface area contributed by atoms with E-state index in [9.17, 15) is 5.11 Å². The van der Waals surface area contributed by atoms with Gasteiger partial charge in [-0.15, -0.1) is 0 Å². The first-order chi connectivity index (χ1) is 15.0. The van der Waals surface area contributed by atoms with Crippen molar-refractivity contribution in [2.45, 2.75) is 32.3 Å². The van der Waals surface area contributed by atoms with E-state index in [1.54, 1.807) is 39.5 Å². The van der Waals surface area contributed by atoms with E-state index in [4.69, 9.17) is 14.2 Å². The molecule has 0 aromatic heterocycles. The Morgan fingerprint density at radius 2 is 1.52 bits per heavy atom. The number of aliphatic hydroxyl groups excluding tert-OH is 1. The van der Waals surface area contributed by atoms with Crippen LogP contribution in [-0.4, -0.2) is 52.0 Å². The van der Waals surface area contributed by atoms with E-state index >= 15 is 0 Å². The fraction of sp³-hybridized carbons (Fsp3) is 0.458. The third-order valence-corrected chi connectivity index (χ3v) is 5.08. The first-order valence-corrected chi connectivity index (χ1v) is 10.6. The summed E-state index contributed by atoms with van der Waals surface area (Å²) in [5.74, 6) is 3.21. The van der Waals surface area contributed by atoms with Gasteiger partial charge in [0.2, 0.25) is 0 Å². The third-order valence-electron chi connectivity index (χ3n) is 5.08. The molecule has 0 aliphatic rings. The highest BCUT2D eigenvalue weighted by molar-refractivity contribution is 5.79. The fourth-order valence-corrected chi connectivity index (χ4v) is 3.15. The Morgan fingerprint density at radius 1 is 0.903 bits per heavy atom. The van der Waals surface area contributed by atoms with Gasteiger partial charge in [0.15, 0.2) is 5.96 Å². The highest BCUT2D eigenvalue weighted by Gasteiger charge is 2.12. The molecule has 2 rings (SSSR count). The summed E-state index contributed by atoms with van der Waals surface area (Å²) >= 11 is 0. The minimum atomic E-state index is -0.766. The molecule has 2 aromatic carbocycles. The molecule has 2 unspecified atom stereocenters. The predicted octanol–water partition coefficient (Wildman–Crippen LogP) is 3.49. The van der Waals surface area contributed by atoms with Gasteiger partial charge in [0.25, 0.3) is 0 Å². The van der Waals surface area contributed by atoms with Crippen LogP contribution in [0, 0.1) is 0 Å². The van der Waals surface area contributed by atoms with Gasteiger partial charge in [0, 0.05) is 19.2 Å². The standard InChI is InChI=1S/C24H35N3O4/c1-6-25-24(26-12-11-17(2)18-7-9-20(29-3)10-8-18)27-16-23(28)19-13-21(30-4)15-22(14-19)31-5/h7-10,13-15,17,23,28H,6,11-12,16H2,1-5H3,(H2,25,26,27). The molecule has 2 aromatic rings. The van der Waals surface area contributed by atoms with Crippen LogP contribution in [-0.2, 0) is 0 Å². The van der Waals surface area contributed by atoms with Gasteiger partial charge in [-0.1, -0.05) is 19.1 Å². The van der Waals surface area contributed by atoms with Crippen molar-refractivity contribution in [1.29, 1.82) is 0 Å². The molecule has 31 heavy (non-hydrogen) atoms. The van der Waals surface area contributed by atoms with Crippen molar-refractivity contribution in [3.8, 4) is 17.2 Å². The van der Waals surface area contributed by atoms with Crippen LogP contribution >= 0.6 is 0 Å². The van der Waals surface area contributed by atoms with E-state index in [2.05, 4.69) is 34.7 Å². The van der Waals surface area contributed by atoms with Crippen LogP contribution in [0.25, 0.3) is 0 Å².